The van der Waals surface area contributed by atoms with Crippen LogP contribution in [0.3, 0.4) is 0 Å². The van der Waals surface area contributed by atoms with Gasteiger partial charge in [0.25, 0.3) is 0 Å². The molecule has 0 aliphatic carbocycles. The van der Waals surface area contributed by atoms with Crippen LogP contribution in [0.2, 0.25) is 0 Å². The van der Waals surface area contributed by atoms with Crippen molar-refractivity contribution in [1.82, 2.24) is 0 Å². The Balaban J connectivity index is 1.45. The van der Waals surface area contributed by atoms with Gasteiger partial charge < -0.3 is 0 Å². The Morgan fingerprint density at radius 1 is 0.567 bits per heavy atom. The third-order valence-corrected chi connectivity index (χ3v) is 7.21. The van der Waals surface area contributed by atoms with E-state index in [1.807, 2.05) is 35.7 Å². The Hall–Kier alpha value is -2.68. The van der Waals surface area contributed by atoms with Crippen molar-refractivity contribution in [3.63, 3.8) is 0 Å². The fourth-order valence-electron chi connectivity index (χ4n) is 3.43. The van der Waals surface area contributed by atoms with Gasteiger partial charge >= 0.3 is 0 Å². The molecule has 0 N–H and O–H groups in total. The van der Waals surface area contributed by atoms with Crippen molar-refractivity contribution in [1.29, 1.82) is 0 Å². The van der Waals surface area contributed by atoms with Crippen LogP contribution in [0.1, 0.15) is 22.3 Å². The topological polar surface area (TPSA) is 0 Å². The van der Waals surface area contributed by atoms with Crippen molar-refractivity contribution in [2.24, 2.45) is 0 Å². The van der Waals surface area contributed by atoms with Crippen LogP contribution < -0.4 is 0 Å². The summed E-state index contributed by atoms with van der Waals surface area (Å²) < 4.78 is 0. The predicted molar refractivity (Wildman–Crippen MR) is 136 cm³/mol. The lowest BCUT2D eigenvalue weighted by molar-refractivity contribution is 1.36. The smallest absolute Gasteiger partial charge is 0.0237 e. The van der Waals surface area contributed by atoms with E-state index >= 15 is 0 Å². The minimum atomic E-state index is 0.949. The van der Waals surface area contributed by atoms with Crippen LogP contribution >= 0.6 is 23.5 Å². The van der Waals surface area contributed by atoms with E-state index in [2.05, 4.69) is 98.1 Å². The molecule has 4 aromatic carbocycles. The summed E-state index contributed by atoms with van der Waals surface area (Å²) in [5.41, 5.74) is 5.07. The Kier molecular flexibility index (Phi) is 6.78. The fourth-order valence-corrected chi connectivity index (χ4v) is 5.35. The van der Waals surface area contributed by atoms with Crippen LogP contribution in [-0.4, -0.2) is 0 Å². The molecule has 30 heavy (non-hydrogen) atoms. The molecule has 0 atom stereocenters. The zero-order chi connectivity index (χ0) is 20.8. The largest absolute Gasteiger partial charge is 0.121 e. The van der Waals surface area contributed by atoms with Crippen molar-refractivity contribution < 1.29 is 0 Å². The second kappa shape index (κ2) is 9.88. The second-order valence-corrected chi connectivity index (χ2v) is 9.15. The Labute approximate surface area is 187 Å². The minimum absolute atomic E-state index is 0.949. The third kappa shape index (κ3) is 4.89. The number of thioether (sulfide) groups is 2. The van der Waals surface area contributed by atoms with E-state index in [1.165, 1.54) is 42.8 Å². The summed E-state index contributed by atoms with van der Waals surface area (Å²) in [6.07, 6.45) is 3.87. The summed E-state index contributed by atoms with van der Waals surface area (Å²) in [4.78, 5) is 2.59. The normalized spacial score (nSPS) is 10.8. The number of fused-ring (bicyclic) bond motifs is 1. The van der Waals surface area contributed by atoms with Gasteiger partial charge in [-0.2, -0.15) is 0 Å². The summed E-state index contributed by atoms with van der Waals surface area (Å²) in [6.45, 7) is 7.85. The summed E-state index contributed by atoms with van der Waals surface area (Å²) in [5.74, 6) is 1.90. The van der Waals surface area contributed by atoms with Gasteiger partial charge in [-0.15, -0.1) is 23.5 Å². The highest BCUT2D eigenvalue weighted by atomic mass is 32.2. The quantitative estimate of drug-likeness (QED) is 0.259. The van der Waals surface area contributed by atoms with E-state index < -0.39 is 0 Å². The molecule has 0 amide bonds. The number of hydrogen-bond donors (Lipinski definition) is 0. The molecule has 0 fully saturated rings. The molecule has 0 aliphatic rings. The molecule has 0 unspecified atom stereocenters. The second-order valence-electron chi connectivity index (χ2n) is 7.05. The highest BCUT2D eigenvalue weighted by Crippen LogP contribution is 2.31. The van der Waals surface area contributed by atoms with Crippen molar-refractivity contribution in [3.05, 3.63) is 120 Å². The molecule has 2 heteroatoms. The SMILES string of the molecule is C=Cc1ccccc1CSc1ccc2cc(SCc3ccccc3C=C)ccc2c1. The van der Waals surface area contributed by atoms with Crippen LogP contribution in [0.25, 0.3) is 22.9 Å². The molecule has 0 aliphatic heterocycles. The first-order chi connectivity index (χ1) is 14.8. The van der Waals surface area contributed by atoms with E-state index in [-0.39, 0.29) is 0 Å². The van der Waals surface area contributed by atoms with E-state index in [1.54, 1.807) is 0 Å². The van der Waals surface area contributed by atoms with Crippen molar-refractivity contribution >= 4 is 46.4 Å². The monoisotopic (exact) mass is 424 g/mol. The molecule has 0 radical (unpaired) electrons. The molecule has 0 heterocycles. The maximum Gasteiger partial charge on any atom is 0.0237 e. The lowest BCUT2D eigenvalue weighted by Crippen LogP contribution is -1.86. The first kappa shape index (κ1) is 20.6. The van der Waals surface area contributed by atoms with Gasteiger partial charge in [0, 0.05) is 21.3 Å². The molecular weight excluding hydrogens is 400 g/mol. The third-order valence-electron chi connectivity index (χ3n) is 5.12. The fraction of sp³-hybridized carbons (Fsp3) is 0.0714. The van der Waals surface area contributed by atoms with Crippen LogP contribution in [0.15, 0.2) is 108 Å². The van der Waals surface area contributed by atoms with Gasteiger partial charge in [-0.1, -0.05) is 86.0 Å². The molecule has 0 spiro atoms. The van der Waals surface area contributed by atoms with Crippen molar-refractivity contribution in [2.75, 3.05) is 0 Å². The van der Waals surface area contributed by atoms with E-state index in [0.29, 0.717) is 0 Å². The Bertz CT molecular complexity index is 1100. The molecule has 0 bridgehead atoms. The van der Waals surface area contributed by atoms with Gasteiger partial charge in [0.15, 0.2) is 0 Å². The zero-order valence-corrected chi connectivity index (χ0v) is 18.5. The molecule has 148 valence electrons. The average Bonchev–Trinajstić information content (AvgIpc) is 2.81. The van der Waals surface area contributed by atoms with Gasteiger partial charge in [-0.25, -0.2) is 0 Å². The van der Waals surface area contributed by atoms with Gasteiger partial charge in [0.2, 0.25) is 0 Å². The number of rotatable bonds is 8. The highest BCUT2D eigenvalue weighted by Gasteiger charge is 2.04. The van der Waals surface area contributed by atoms with Crippen molar-refractivity contribution in [3.8, 4) is 0 Å². The van der Waals surface area contributed by atoms with Crippen molar-refractivity contribution in [2.45, 2.75) is 21.3 Å². The maximum atomic E-state index is 3.92. The van der Waals surface area contributed by atoms with Crippen LogP contribution in [0, 0.1) is 0 Å². The zero-order valence-electron chi connectivity index (χ0n) is 16.9. The lowest BCUT2D eigenvalue weighted by Gasteiger charge is -2.09. The predicted octanol–water partition coefficient (Wildman–Crippen LogP) is 8.71. The Morgan fingerprint density at radius 3 is 1.43 bits per heavy atom. The molecule has 0 saturated heterocycles. The summed E-state index contributed by atoms with van der Waals surface area (Å²) in [5, 5.41) is 2.57. The molecule has 0 saturated carbocycles. The lowest BCUT2D eigenvalue weighted by atomic mass is 10.1. The van der Waals surface area contributed by atoms with Gasteiger partial charge in [0.1, 0.15) is 0 Å². The first-order valence-electron chi connectivity index (χ1n) is 9.97. The van der Waals surface area contributed by atoms with Gasteiger partial charge in [-0.3, -0.25) is 0 Å². The molecular formula is C28H24S2. The highest BCUT2D eigenvalue weighted by molar-refractivity contribution is 7.98. The van der Waals surface area contributed by atoms with Gasteiger partial charge in [-0.05, 0) is 57.3 Å². The summed E-state index contributed by atoms with van der Waals surface area (Å²) in [7, 11) is 0. The first-order valence-corrected chi connectivity index (χ1v) is 11.9. The van der Waals surface area contributed by atoms with Crippen LogP contribution in [0.4, 0.5) is 0 Å². The number of hydrogen-bond acceptors (Lipinski definition) is 2. The summed E-state index contributed by atoms with van der Waals surface area (Å²) in [6, 6.07) is 30.4. The van der Waals surface area contributed by atoms with E-state index in [9.17, 15) is 0 Å². The number of benzene rings is 4. The van der Waals surface area contributed by atoms with Gasteiger partial charge in [0.05, 0.1) is 0 Å². The van der Waals surface area contributed by atoms with E-state index in [0.717, 1.165) is 11.5 Å². The summed E-state index contributed by atoms with van der Waals surface area (Å²) >= 11 is 3.74. The van der Waals surface area contributed by atoms with E-state index in [4.69, 9.17) is 0 Å². The standard InChI is InChI=1S/C28H24S2/c1-3-21-9-5-7-11-25(21)19-29-27-15-13-24-18-28(16-14-23(24)17-27)30-20-26-12-8-6-10-22(26)4-2/h3-18H,1-2,19-20H2. The maximum absolute atomic E-state index is 3.92. The minimum Gasteiger partial charge on any atom is -0.121 e. The van der Waals surface area contributed by atoms with Crippen LogP contribution in [0.5, 0.6) is 0 Å². The average molecular weight is 425 g/mol. The molecule has 4 rings (SSSR count). The van der Waals surface area contributed by atoms with Crippen LogP contribution in [-0.2, 0) is 11.5 Å². The molecule has 0 aromatic heterocycles. The molecule has 0 nitrogen and oxygen atoms in total. The Morgan fingerprint density at radius 2 is 1.00 bits per heavy atom. The molecule has 4 aromatic rings.